The van der Waals surface area contributed by atoms with E-state index in [0.717, 1.165) is 51.2 Å². The zero-order chi connectivity index (χ0) is 19.1. The van der Waals surface area contributed by atoms with Crippen LogP contribution < -0.4 is 5.32 Å². The van der Waals surface area contributed by atoms with Crippen LogP contribution in [0, 0.1) is 5.92 Å². The lowest BCUT2D eigenvalue weighted by Crippen LogP contribution is -2.06. The Labute approximate surface area is 162 Å². The molecule has 0 amide bonds. The Morgan fingerprint density at radius 3 is 2.86 bits per heavy atom. The van der Waals surface area contributed by atoms with E-state index < -0.39 is 0 Å². The standard InChI is InChI=1S/C23H21N3O2/c1-28-23(27)17-5-7-20-18(11-17)12-21(25-13-14-2-3-14)22(26-20)16-4-6-19-15(10-16)8-9-24-19/h4-12,14,24-25H,2-3,13H2,1H3. The predicted octanol–water partition coefficient (Wildman–Crippen LogP) is 4.99. The molecule has 2 N–H and O–H groups in total. The van der Waals surface area contributed by atoms with Crippen molar-refractivity contribution in [2.45, 2.75) is 12.8 Å². The topological polar surface area (TPSA) is 67.0 Å². The van der Waals surface area contributed by atoms with Gasteiger partial charge in [0.2, 0.25) is 0 Å². The lowest BCUT2D eigenvalue weighted by Gasteiger charge is -2.14. The second-order valence-corrected chi connectivity index (χ2v) is 7.39. The van der Waals surface area contributed by atoms with Crippen molar-refractivity contribution >= 4 is 33.5 Å². The molecule has 4 aromatic rings. The first-order valence-electron chi connectivity index (χ1n) is 9.56. The molecule has 5 nitrogen and oxygen atoms in total. The van der Waals surface area contributed by atoms with Crippen LogP contribution in [0.3, 0.4) is 0 Å². The third-order valence-electron chi connectivity index (χ3n) is 5.34. The van der Waals surface area contributed by atoms with E-state index >= 15 is 0 Å². The summed E-state index contributed by atoms with van der Waals surface area (Å²) in [6.07, 6.45) is 4.51. The Bertz CT molecular complexity index is 1190. The molecular weight excluding hydrogens is 350 g/mol. The normalized spacial score (nSPS) is 13.8. The Morgan fingerprint density at radius 1 is 1.14 bits per heavy atom. The van der Waals surface area contributed by atoms with Crippen molar-refractivity contribution in [3.05, 3.63) is 60.3 Å². The van der Waals surface area contributed by atoms with E-state index in [2.05, 4.69) is 40.6 Å². The molecule has 2 heterocycles. The molecule has 140 valence electrons. The molecule has 5 rings (SSSR count). The summed E-state index contributed by atoms with van der Waals surface area (Å²) >= 11 is 0. The second kappa shape index (κ2) is 6.68. The van der Waals surface area contributed by atoms with E-state index in [0.29, 0.717) is 5.56 Å². The lowest BCUT2D eigenvalue weighted by atomic mass is 10.0. The van der Waals surface area contributed by atoms with Gasteiger partial charge in [-0.25, -0.2) is 9.78 Å². The number of hydrogen-bond donors (Lipinski definition) is 2. The van der Waals surface area contributed by atoms with Crippen LogP contribution in [0.1, 0.15) is 23.2 Å². The summed E-state index contributed by atoms with van der Waals surface area (Å²) in [5, 5.41) is 5.67. The number of nitrogens with zero attached hydrogens (tertiary/aromatic N) is 1. The molecule has 0 radical (unpaired) electrons. The molecule has 0 unspecified atom stereocenters. The maximum Gasteiger partial charge on any atom is 0.337 e. The molecule has 0 bridgehead atoms. The number of nitrogens with one attached hydrogen (secondary N) is 2. The van der Waals surface area contributed by atoms with Gasteiger partial charge in [-0.3, -0.25) is 0 Å². The molecule has 0 aliphatic heterocycles. The first-order valence-corrected chi connectivity index (χ1v) is 9.56. The van der Waals surface area contributed by atoms with Crippen molar-refractivity contribution in [2.24, 2.45) is 5.92 Å². The van der Waals surface area contributed by atoms with Crippen molar-refractivity contribution in [3.63, 3.8) is 0 Å². The van der Waals surface area contributed by atoms with Crippen molar-refractivity contribution in [3.8, 4) is 11.3 Å². The average Bonchev–Trinajstić information content (AvgIpc) is 3.45. The number of carbonyl (C=O) groups excluding carboxylic acids is 1. The number of anilines is 1. The number of pyridine rings is 1. The van der Waals surface area contributed by atoms with Gasteiger partial charge in [-0.05, 0) is 61.2 Å². The summed E-state index contributed by atoms with van der Waals surface area (Å²) in [7, 11) is 1.40. The number of rotatable bonds is 5. The summed E-state index contributed by atoms with van der Waals surface area (Å²) in [5.41, 5.74) is 5.50. The van der Waals surface area contributed by atoms with Crippen LogP contribution in [0.2, 0.25) is 0 Å². The monoisotopic (exact) mass is 371 g/mol. The number of H-pyrrole nitrogens is 1. The SMILES string of the molecule is COC(=O)c1ccc2nc(-c3ccc4[nH]ccc4c3)c(NCC3CC3)cc2c1. The molecule has 1 saturated carbocycles. The van der Waals surface area contributed by atoms with Gasteiger partial charge >= 0.3 is 5.97 Å². The van der Waals surface area contributed by atoms with E-state index in [1.807, 2.05) is 18.3 Å². The van der Waals surface area contributed by atoms with Crippen LogP contribution in [-0.4, -0.2) is 29.6 Å². The Balaban J connectivity index is 1.64. The number of carbonyl (C=O) groups is 1. The van der Waals surface area contributed by atoms with Crippen LogP contribution in [-0.2, 0) is 4.74 Å². The summed E-state index contributed by atoms with van der Waals surface area (Å²) < 4.78 is 4.85. The molecular formula is C23H21N3O2. The summed E-state index contributed by atoms with van der Waals surface area (Å²) in [4.78, 5) is 20.1. The largest absolute Gasteiger partial charge is 0.465 e. The van der Waals surface area contributed by atoms with E-state index in [9.17, 15) is 4.79 Å². The molecule has 2 aromatic carbocycles. The van der Waals surface area contributed by atoms with Gasteiger partial charge in [-0.1, -0.05) is 6.07 Å². The number of ether oxygens (including phenoxy) is 1. The molecule has 1 aliphatic rings. The fourth-order valence-corrected chi connectivity index (χ4v) is 3.55. The molecule has 2 aromatic heterocycles. The third kappa shape index (κ3) is 3.09. The Morgan fingerprint density at radius 2 is 2.04 bits per heavy atom. The van der Waals surface area contributed by atoms with Crippen LogP contribution in [0.4, 0.5) is 5.69 Å². The van der Waals surface area contributed by atoms with Crippen molar-refractivity contribution in [2.75, 3.05) is 19.0 Å². The van der Waals surface area contributed by atoms with Gasteiger partial charge in [0, 0.05) is 34.6 Å². The zero-order valence-electron chi connectivity index (χ0n) is 15.7. The molecule has 28 heavy (non-hydrogen) atoms. The number of hydrogen-bond acceptors (Lipinski definition) is 4. The maximum absolute atomic E-state index is 11.9. The first-order chi connectivity index (χ1) is 13.7. The zero-order valence-corrected chi connectivity index (χ0v) is 15.7. The van der Waals surface area contributed by atoms with E-state index in [4.69, 9.17) is 9.72 Å². The number of aromatic nitrogens is 2. The van der Waals surface area contributed by atoms with Gasteiger partial charge in [0.25, 0.3) is 0 Å². The van der Waals surface area contributed by atoms with Gasteiger partial charge in [0.1, 0.15) is 0 Å². The van der Waals surface area contributed by atoms with Gasteiger partial charge in [0.05, 0.1) is 29.6 Å². The second-order valence-electron chi connectivity index (χ2n) is 7.39. The highest BCUT2D eigenvalue weighted by Crippen LogP contribution is 2.34. The first kappa shape index (κ1) is 16.8. The van der Waals surface area contributed by atoms with E-state index in [1.54, 1.807) is 6.07 Å². The number of esters is 1. The van der Waals surface area contributed by atoms with Crippen molar-refractivity contribution in [1.29, 1.82) is 0 Å². The quantitative estimate of drug-likeness (QED) is 0.485. The van der Waals surface area contributed by atoms with Crippen molar-refractivity contribution in [1.82, 2.24) is 9.97 Å². The predicted molar refractivity (Wildman–Crippen MR) is 112 cm³/mol. The Kier molecular flexibility index (Phi) is 4.01. The van der Waals surface area contributed by atoms with Crippen LogP contribution in [0.25, 0.3) is 33.1 Å². The number of methoxy groups -OCH3 is 1. The van der Waals surface area contributed by atoms with Gasteiger partial charge < -0.3 is 15.0 Å². The van der Waals surface area contributed by atoms with Gasteiger partial charge in [0.15, 0.2) is 0 Å². The molecule has 1 fully saturated rings. The molecule has 0 atom stereocenters. The van der Waals surface area contributed by atoms with Crippen LogP contribution in [0.5, 0.6) is 0 Å². The average molecular weight is 371 g/mol. The highest BCUT2D eigenvalue weighted by Gasteiger charge is 2.21. The number of aromatic amines is 1. The molecule has 0 spiro atoms. The summed E-state index contributed by atoms with van der Waals surface area (Å²) in [5.74, 6) is 0.411. The summed E-state index contributed by atoms with van der Waals surface area (Å²) in [6.45, 7) is 0.948. The minimum Gasteiger partial charge on any atom is -0.465 e. The third-order valence-corrected chi connectivity index (χ3v) is 5.34. The highest BCUT2D eigenvalue weighted by molar-refractivity contribution is 5.97. The molecule has 5 heteroatoms. The van der Waals surface area contributed by atoms with Crippen LogP contribution >= 0.6 is 0 Å². The lowest BCUT2D eigenvalue weighted by molar-refractivity contribution is 0.0601. The fourth-order valence-electron chi connectivity index (χ4n) is 3.55. The van der Waals surface area contributed by atoms with Gasteiger partial charge in [-0.15, -0.1) is 0 Å². The fraction of sp³-hybridized carbons (Fsp3) is 0.217. The smallest absolute Gasteiger partial charge is 0.337 e. The van der Waals surface area contributed by atoms with E-state index in [-0.39, 0.29) is 5.97 Å². The maximum atomic E-state index is 11.9. The molecule has 0 saturated heterocycles. The van der Waals surface area contributed by atoms with E-state index in [1.165, 1.54) is 20.0 Å². The summed E-state index contributed by atoms with van der Waals surface area (Å²) in [6, 6.07) is 16.0. The Hall–Kier alpha value is -3.34. The van der Waals surface area contributed by atoms with Crippen LogP contribution in [0.15, 0.2) is 54.7 Å². The van der Waals surface area contributed by atoms with Gasteiger partial charge in [-0.2, -0.15) is 0 Å². The number of benzene rings is 2. The van der Waals surface area contributed by atoms with Crippen molar-refractivity contribution < 1.29 is 9.53 Å². The highest BCUT2D eigenvalue weighted by atomic mass is 16.5. The number of fused-ring (bicyclic) bond motifs is 2. The minimum absolute atomic E-state index is 0.337. The minimum atomic E-state index is -0.337. The molecule has 1 aliphatic carbocycles.